The van der Waals surface area contributed by atoms with Gasteiger partial charge in [0.2, 0.25) is 5.91 Å². The maximum absolute atomic E-state index is 13.0. The lowest BCUT2D eigenvalue weighted by Gasteiger charge is -2.40. The van der Waals surface area contributed by atoms with Crippen LogP contribution < -0.4 is 5.32 Å². The Morgan fingerprint density at radius 2 is 1.07 bits per heavy atom. The first-order chi connectivity index (χ1) is 32.7. The number of ether oxygens (including phenoxy) is 3. The van der Waals surface area contributed by atoms with Gasteiger partial charge >= 0.3 is 5.97 Å². The molecule has 388 valence electrons. The van der Waals surface area contributed by atoms with Gasteiger partial charge in [-0.15, -0.1) is 0 Å². The predicted molar refractivity (Wildman–Crippen MR) is 273 cm³/mol. The van der Waals surface area contributed by atoms with Crippen LogP contribution in [0.1, 0.15) is 219 Å². The van der Waals surface area contributed by atoms with Crippen LogP contribution >= 0.6 is 0 Å². The van der Waals surface area contributed by atoms with E-state index in [4.69, 9.17) is 14.2 Å². The fourth-order valence-corrected chi connectivity index (χ4v) is 8.09. The van der Waals surface area contributed by atoms with Crippen molar-refractivity contribution >= 4 is 11.9 Å². The summed E-state index contributed by atoms with van der Waals surface area (Å²) in [5, 5.41) is 54.0. The van der Waals surface area contributed by atoms with Gasteiger partial charge in [0.05, 0.1) is 32.0 Å². The van der Waals surface area contributed by atoms with E-state index < -0.39 is 49.5 Å². The molecule has 7 unspecified atom stereocenters. The standard InChI is InChI=1S/C56H99NO10/c1-3-5-7-9-11-13-14-15-16-17-21-24-28-32-36-40-44-52(61)65-45-41-37-33-29-25-22-19-18-20-23-27-31-35-39-43-51(60)57-48(49(59)42-38-34-30-26-12-10-8-6-4-2)47-66-56-55(64)54(63)53(62)50(46-58)67-56/h4,6,12-14,16-17,26,38,42,48-50,53-56,58-59,62-64H,3,5,7-11,15,18-25,27-37,39-41,43-47H2,1-2H3,(H,57,60)/b6-4+,14-13-,17-16-,26-12+,42-38+. The molecule has 1 fully saturated rings. The maximum atomic E-state index is 13.0. The Kier molecular flexibility index (Phi) is 42.6. The van der Waals surface area contributed by atoms with Crippen LogP contribution in [-0.4, -0.2) is 100 Å². The monoisotopic (exact) mass is 946 g/mol. The number of rotatable bonds is 45. The number of esters is 1. The molecule has 6 N–H and O–H groups in total. The van der Waals surface area contributed by atoms with Gasteiger partial charge in [0.25, 0.3) is 0 Å². The van der Waals surface area contributed by atoms with Crippen molar-refractivity contribution in [1.29, 1.82) is 0 Å². The summed E-state index contributed by atoms with van der Waals surface area (Å²) in [5.41, 5.74) is 0. The summed E-state index contributed by atoms with van der Waals surface area (Å²) in [5.74, 6) is -0.252. The fraction of sp³-hybridized carbons (Fsp3) is 0.786. The van der Waals surface area contributed by atoms with Crippen molar-refractivity contribution in [3.63, 3.8) is 0 Å². The molecule has 0 aromatic heterocycles. The molecule has 11 nitrogen and oxygen atoms in total. The van der Waals surface area contributed by atoms with Crippen molar-refractivity contribution in [3.8, 4) is 0 Å². The van der Waals surface area contributed by atoms with Gasteiger partial charge in [-0.25, -0.2) is 0 Å². The number of aliphatic hydroxyl groups excluding tert-OH is 5. The van der Waals surface area contributed by atoms with Crippen LogP contribution in [0.3, 0.4) is 0 Å². The molecule has 1 heterocycles. The first-order valence-electron chi connectivity index (χ1n) is 27.0. The van der Waals surface area contributed by atoms with Gasteiger partial charge in [0.15, 0.2) is 6.29 Å². The van der Waals surface area contributed by atoms with E-state index >= 15 is 0 Å². The summed E-state index contributed by atoms with van der Waals surface area (Å²) in [4.78, 5) is 25.0. The van der Waals surface area contributed by atoms with Crippen molar-refractivity contribution in [1.82, 2.24) is 5.32 Å². The minimum atomic E-state index is -1.58. The van der Waals surface area contributed by atoms with E-state index in [0.29, 0.717) is 25.9 Å². The van der Waals surface area contributed by atoms with Crippen molar-refractivity contribution in [3.05, 3.63) is 60.8 Å². The largest absolute Gasteiger partial charge is 0.466 e. The smallest absolute Gasteiger partial charge is 0.305 e. The molecule has 67 heavy (non-hydrogen) atoms. The normalized spacial score (nSPS) is 20.0. The molecule has 11 heteroatoms. The lowest BCUT2D eigenvalue weighted by Crippen LogP contribution is -2.60. The lowest BCUT2D eigenvalue weighted by molar-refractivity contribution is -0.302. The Morgan fingerprint density at radius 1 is 0.582 bits per heavy atom. The van der Waals surface area contributed by atoms with Crippen molar-refractivity contribution in [2.24, 2.45) is 0 Å². The second kappa shape index (κ2) is 45.8. The third kappa shape index (κ3) is 36.0. The Morgan fingerprint density at radius 3 is 1.64 bits per heavy atom. The van der Waals surface area contributed by atoms with Crippen LogP contribution in [0.15, 0.2) is 60.8 Å². The Bertz CT molecular complexity index is 1300. The van der Waals surface area contributed by atoms with E-state index in [0.717, 1.165) is 83.5 Å². The molecule has 0 bridgehead atoms. The SMILES string of the molecule is C/C=C/CC/C=C/CC/C=C/C(O)C(COC1OC(CO)C(O)C(O)C1O)NC(=O)CCCCCCCCCCCCCCCCOC(=O)CCCCCCC/C=C\C/C=C\CCCCCC. The van der Waals surface area contributed by atoms with E-state index in [1.165, 1.54) is 103 Å². The van der Waals surface area contributed by atoms with E-state index in [-0.39, 0.29) is 18.5 Å². The maximum Gasteiger partial charge on any atom is 0.305 e. The molecule has 7 atom stereocenters. The number of hydrogen-bond donors (Lipinski definition) is 6. The third-order valence-corrected chi connectivity index (χ3v) is 12.4. The molecular formula is C56H99NO10. The molecule has 1 aliphatic rings. The summed E-state index contributed by atoms with van der Waals surface area (Å²) in [6.07, 6.45) is 47.6. The van der Waals surface area contributed by atoms with Gasteiger partial charge in [0, 0.05) is 12.8 Å². The summed E-state index contributed by atoms with van der Waals surface area (Å²) in [6, 6.07) is -0.843. The number of carbonyl (C=O) groups is 2. The first kappa shape index (κ1) is 62.4. The zero-order valence-corrected chi connectivity index (χ0v) is 42.3. The Balaban J connectivity index is 2.09. The van der Waals surface area contributed by atoms with Crippen LogP contribution in [0, 0.1) is 0 Å². The first-order valence-corrected chi connectivity index (χ1v) is 27.0. The van der Waals surface area contributed by atoms with Gasteiger partial charge in [-0.1, -0.05) is 183 Å². The highest BCUT2D eigenvalue weighted by molar-refractivity contribution is 5.76. The van der Waals surface area contributed by atoms with Crippen LogP contribution in [0.5, 0.6) is 0 Å². The number of nitrogens with one attached hydrogen (secondary N) is 1. The van der Waals surface area contributed by atoms with Crippen LogP contribution in [0.25, 0.3) is 0 Å². The number of hydrogen-bond acceptors (Lipinski definition) is 10. The molecule has 0 spiro atoms. The van der Waals surface area contributed by atoms with Crippen molar-refractivity contribution in [2.45, 2.75) is 262 Å². The quantitative estimate of drug-likeness (QED) is 0.0196. The highest BCUT2D eigenvalue weighted by Crippen LogP contribution is 2.23. The van der Waals surface area contributed by atoms with Crippen LogP contribution in [-0.2, 0) is 23.8 Å². The summed E-state index contributed by atoms with van der Waals surface area (Å²) >= 11 is 0. The van der Waals surface area contributed by atoms with Crippen molar-refractivity contribution < 1.29 is 49.3 Å². The molecule has 0 aromatic carbocycles. The third-order valence-electron chi connectivity index (χ3n) is 12.4. The minimum Gasteiger partial charge on any atom is -0.466 e. The number of amides is 1. The van der Waals surface area contributed by atoms with E-state index in [1.54, 1.807) is 6.08 Å². The van der Waals surface area contributed by atoms with Crippen LogP contribution in [0.4, 0.5) is 0 Å². The lowest BCUT2D eigenvalue weighted by atomic mass is 9.99. The molecule has 0 saturated carbocycles. The molecule has 0 radical (unpaired) electrons. The zero-order valence-electron chi connectivity index (χ0n) is 42.3. The van der Waals surface area contributed by atoms with Crippen LogP contribution in [0.2, 0.25) is 0 Å². The second-order valence-electron chi connectivity index (χ2n) is 18.6. The van der Waals surface area contributed by atoms with E-state index in [1.807, 2.05) is 19.1 Å². The minimum absolute atomic E-state index is 0.0392. The molecule has 0 aromatic rings. The Labute approximate surface area is 408 Å². The number of allylic oxidation sites excluding steroid dienone is 9. The summed E-state index contributed by atoms with van der Waals surface area (Å²) in [6.45, 7) is 4.01. The number of carbonyl (C=O) groups excluding carboxylic acids is 2. The topological polar surface area (TPSA) is 175 Å². The number of unbranched alkanes of at least 4 members (excludes halogenated alkanes) is 24. The van der Waals surface area contributed by atoms with Gasteiger partial charge < -0.3 is 45.1 Å². The fourth-order valence-electron chi connectivity index (χ4n) is 8.09. The molecule has 1 rings (SSSR count). The molecule has 1 saturated heterocycles. The highest BCUT2D eigenvalue weighted by Gasteiger charge is 2.44. The Hall–Kier alpha value is -2.64. The molecule has 0 aliphatic carbocycles. The van der Waals surface area contributed by atoms with Gasteiger partial charge in [0.1, 0.15) is 24.4 Å². The highest BCUT2D eigenvalue weighted by atomic mass is 16.7. The molecule has 1 aliphatic heterocycles. The average molecular weight is 946 g/mol. The van der Waals surface area contributed by atoms with Gasteiger partial charge in [-0.3, -0.25) is 9.59 Å². The van der Waals surface area contributed by atoms with Gasteiger partial charge in [-0.05, 0) is 84.0 Å². The number of aliphatic hydroxyl groups is 5. The summed E-state index contributed by atoms with van der Waals surface area (Å²) in [7, 11) is 0. The molecular weight excluding hydrogens is 847 g/mol. The molecule has 1 amide bonds. The summed E-state index contributed by atoms with van der Waals surface area (Å²) < 4.78 is 16.6. The van der Waals surface area contributed by atoms with E-state index in [9.17, 15) is 35.1 Å². The predicted octanol–water partition coefficient (Wildman–Crippen LogP) is 11.5. The zero-order chi connectivity index (χ0) is 48.8. The second-order valence-corrected chi connectivity index (χ2v) is 18.6. The average Bonchev–Trinajstić information content (AvgIpc) is 3.32. The van der Waals surface area contributed by atoms with Gasteiger partial charge in [-0.2, -0.15) is 0 Å². The van der Waals surface area contributed by atoms with E-state index in [2.05, 4.69) is 54.8 Å². The van der Waals surface area contributed by atoms with Crippen molar-refractivity contribution in [2.75, 3.05) is 19.8 Å².